The summed E-state index contributed by atoms with van der Waals surface area (Å²) in [6.45, 7) is 0.913. The molecule has 7 heteroatoms. The molecule has 0 amide bonds. The average Bonchev–Trinajstić information content (AvgIpc) is 3.09. The third-order valence-corrected chi connectivity index (χ3v) is 4.88. The molecule has 0 spiro atoms. The Morgan fingerprint density at radius 3 is 3.10 bits per heavy atom. The van der Waals surface area contributed by atoms with Crippen molar-refractivity contribution in [1.29, 1.82) is 0 Å². The maximum absolute atomic E-state index is 6.05. The number of aromatic nitrogens is 4. The van der Waals surface area contributed by atoms with Gasteiger partial charge in [0.1, 0.15) is 18.5 Å². The van der Waals surface area contributed by atoms with Gasteiger partial charge in [0.2, 0.25) is 0 Å². The SMILES string of the molecule is Clc1cc(NCC2CCC(n3cncn3)C2)ncc1Br. The molecule has 2 aromatic heterocycles. The van der Waals surface area contributed by atoms with Crippen LogP contribution in [0.25, 0.3) is 0 Å². The van der Waals surface area contributed by atoms with Crippen molar-refractivity contribution in [1.82, 2.24) is 19.7 Å². The van der Waals surface area contributed by atoms with E-state index in [4.69, 9.17) is 11.6 Å². The number of rotatable bonds is 4. The largest absolute Gasteiger partial charge is 0.370 e. The number of hydrogen-bond donors (Lipinski definition) is 1. The van der Waals surface area contributed by atoms with Gasteiger partial charge in [-0.1, -0.05) is 11.6 Å². The molecule has 1 saturated carbocycles. The van der Waals surface area contributed by atoms with E-state index in [0.717, 1.165) is 29.7 Å². The Balaban J connectivity index is 1.53. The second-order valence-electron chi connectivity index (χ2n) is 5.07. The summed E-state index contributed by atoms with van der Waals surface area (Å²) < 4.78 is 2.78. The van der Waals surface area contributed by atoms with E-state index in [1.54, 1.807) is 18.9 Å². The molecule has 0 radical (unpaired) electrons. The number of anilines is 1. The number of nitrogens with zero attached hydrogens (tertiary/aromatic N) is 4. The van der Waals surface area contributed by atoms with Crippen molar-refractivity contribution in [3.05, 3.63) is 34.4 Å². The van der Waals surface area contributed by atoms with Gasteiger partial charge in [-0.2, -0.15) is 5.10 Å². The summed E-state index contributed by atoms with van der Waals surface area (Å²) in [4.78, 5) is 8.31. The maximum atomic E-state index is 6.05. The van der Waals surface area contributed by atoms with Crippen molar-refractivity contribution in [2.24, 2.45) is 5.92 Å². The Bertz CT molecular complexity index is 574. The molecule has 1 fully saturated rings. The molecule has 106 valence electrons. The first-order valence-electron chi connectivity index (χ1n) is 6.61. The van der Waals surface area contributed by atoms with E-state index in [-0.39, 0.29) is 0 Å². The third-order valence-electron chi connectivity index (χ3n) is 3.70. The summed E-state index contributed by atoms with van der Waals surface area (Å²) in [5, 5.41) is 8.26. The van der Waals surface area contributed by atoms with Crippen LogP contribution in [0, 0.1) is 5.92 Å². The van der Waals surface area contributed by atoms with Crippen LogP contribution < -0.4 is 5.32 Å². The lowest BCUT2D eigenvalue weighted by atomic mass is 10.1. The van der Waals surface area contributed by atoms with Gasteiger partial charge in [-0.05, 0) is 41.1 Å². The van der Waals surface area contributed by atoms with Crippen LogP contribution in [0.2, 0.25) is 5.02 Å². The second-order valence-corrected chi connectivity index (χ2v) is 6.33. The smallest absolute Gasteiger partial charge is 0.137 e. The third kappa shape index (κ3) is 3.12. The van der Waals surface area contributed by atoms with Crippen LogP contribution in [-0.2, 0) is 0 Å². The van der Waals surface area contributed by atoms with Crippen LogP contribution in [0.15, 0.2) is 29.4 Å². The van der Waals surface area contributed by atoms with Crippen molar-refractivity contribution < 1.29 is 0 Å². The van der Waals surface area contributed by atoms with Crippen LogP contribution in [0.5, 0.6) is 0 Å². The van der Waals surface area contributed by atoms with Crippen LogP contribution in [0.4, 0.5) is 5.82 Å². The van der Waals surface area contributed by atoms with Crippen LogP contribution in [0.1, 0.15) is 25.3 Å². The lowest BCUT2D eigenvalue weighted by Crippen LogP contribution is -2.13. The molecule has 0 aliphatic heterocycles. The molecule has 20 heavy (non-hydrogen) atoms. The zero-order valence-corrected chi connectivity index (χ0v) is 13.2. The molecule has 0 aromatic carbocycles. The van der Waals surface area contributed by atoms with Gasteiger partial charge in [0.15, 0.2) is 0 Å². The van der Waals surface area contributed by atoms with Gasteiger partial charge >= 0.3 is 0 Å². The Kier molecular flexibility index (Phi) is 4.21. The normalized spacial score (nSPS) is 22.1. The zero-order chi connectivity index (χ0) is 13.9. The number of halogens is 2. The fourth-order valence-electron chi connectivity index (χ4n) is 2.64. The lowest BCUT2D eigenvalue weighted by molar-refractivity contribution is 0.445. The standard InChI is InChI=1S/C13H15BrClN5/c14-11-6-18-13(4-12(11)15)17-5-9-1-2-10(3-9)20-8-16-7-19-20/h4,6-10H,1-3,5H2,(H,17,18). The topological polar surface area (TPSA) is 55.6 Å². The Hall–Kier alpha value is -1.14. The maximum Gasteiger partial charge on any atom is 0.137 e. The van der Waals surface area contributed by atoms with Gasteiger partial charge in [0.25, 0.3) is 0 Å². The van der Waals surface area contributed by atoms with Gasteiger partial charge in [0, 0.05) is 18.8 Å². The Labute approximate surface area is 130 Å². The van der Waals surface area contributed by atoms with E-state index in [1.165, 1.54) is 6.42 Å². The van der Waals surface area contributed by atoms with Gasteiger partial charge < -0.3 is 5.32 Å². The van der Waals surface area contributed by atoms with Crippen molar-refractivity contribution in [3.8, 4) is 0 Å². The van der Waals surface area contributed by atoms with Gasteiger partial charge in [-0.3, -0.25) is 0 Å². The minimum absolute atomic E-state index is 0.478. The molecule has 1 aliphatic rings. The molecule has 2 aromatic rings. The fourth-order valence-corrected chi connectivity index (χ4v) is 3.01. The molecular weight excluding hydrogens is 342 g/mol. The fraction of sp³-hybridized carbons (Fsp3) is 0.462. The Morgan fingerprint density at radius 1 is 1.45 bits per heavy atom. The molecule has 1 N–H and O–H groups in total. The molecule has 0 saturated heterocycles. The van der Waals surface area contributed by atoms with Gasteiger partial charge in [0.05, 0.1) is 15.5 Å². The molecule has 2 unspecified atom stereocenters. The summed E-state index contributed by atoms with van der Waals surface area (Å²) in [5.41, 5.74) is 0. The highest BCUT2D eigenvalue weighted by atomic mass is 79.9. The van der Waals surface area contributed by atoms with Crippen molar-refractivity contribution in [3.63, 3.8) is 0 Å². The monoisotopic (exact) mass is 355 g/mol. The van der Waals surface area contributed by atoms with E-state index >= 15 is 0 Å². The summed E-state index contributed by atoms with van der Waals surface area (Å²) in [6.07, 6.45) is 8.60. The van der Waals surface area contributed by atoms with E-state index in [9.17, 15) is 0 Å². The molecule has 3 rings (SSSR count). The minimum atomic E-state index is 0.478. The van der Waals surface area contributed by atoms with Crippen LogP contribution >= 0.6 is 27.5 Å². The average molecular weight is 357 g/mol. The molecule has 2 atom stereocenters. The lowest BCUT2D eigenvalue weighted by Gasteiger charge is -2.13. The molecule has 2 heterocycles. The van der Waals surface area contributed by atoms with E-state index in [1.807, 2.05) is 10.7 Å². The highest BCUT2D eigenvalue weighted by Gasteiger charge is 2.26. The number of pyridine rings is 1. The molecular formula is C13H15BrClN5. The van der Waals surface area contributed by atoms with Gasteiger partial charge in [-0.15, -0.1) is 0 Å². The zero-order valence-electron chi connectivity index (χ0n) is 10.8. The highest BCUT2D eigenvalue weighted by molar-refractivity contribution is 9.10. The summed E-state index contributed by atoms with van der Waals surface area (Å²) in [6, 6.07) is 2.32. The highest BCUT2D eigenvalue weighted by Crippen LogP contribution is 2.34. The summed E-state index contributed by atoms with van der Waals surface area (Å²) in [5.74, 6) is 1.45. The van der Waals surface area contributed by atoms with E-state index in [2.05, 4.69) is 36.3 Å². The van der Waals surface area contributed by atoms with Crippen LogP contribution in [0.3, 0.4) is 0 Å². The summed E-state index contributed by atoms with van der Waals surface area (Å²) >= 11 is 9.39. The van der Waals surface area contributed by atoms with E-state index in [0.29, 0.717) is 17.0 Å². The van der Waals surface area contributed by atoms with Crippen LogP contribution in [-0.4, -0.2) is 26.3 Å². The predicted molar refractivity (Wildman–Crippen MR) is 81.8 cm³/mol. The molecule has 0 bridgehead atoms. The predicted octanol–water partition coefficient (Wildman–Crippen LogP) is 3.54. The minimum Gasteiger partial charge on any atom is -0.370 e. The second kappa shape index (κ2) is 6.10. The first-order chi connectivity index (χ1) is 9.72. The number of hydrogen-bond acceptors (Lipinski definition) is 4. The molecule has 5 nitrogen and oxygen atoms in total. The van der Waals surface area contributed by atoms with Gasteiger partial charge in [-0.25, -0.2) is 14.6 Å². The number of nitrogens with one attached hydrogen (secondary N) is 1. The molecule has 1 aliphatic carbocycles. The first-order valence-corrected chi connectivity index (χ1v) is 7.78. The van der Waals surface area contributed by atoms with Crippen molar-refractivity contribution in [2.75, 3.05) is 11.9 Å². The summed E-state index contributed by atoms with van der Waals surface area (Å²) in [7, 11) is 0. The van der Waals surface area contributed by atoms with Crippen molar-refractivity contribution in [2.45, 2.75) is 25.3 Å². The van der Waals surface area contributed by atoms with Crippen molar-refractivity contribution >= 4 is 33.3 Å². The first kappa shape index (κ1) is 13.8. The van der Waals surface area contributed by atoms with E-state index < -0.39 is 0 Å². The quantitative estimate of drug-likeness (QED) is 0.910. The Morgan fingerprint density at radius 2 is 2.35 bits per heavy atom.